The number of hydrogen-bond donors (Lipinski definition) is 8. The summed E-state index contributed by atoms with van der Waals surface area (Å²) in [6, 6.07) is 0. The van der Waals surface area contributed by atoms with E-state index >= 15 is 0 Å². The summed E-state index contributed by atoms with van der Waals surface area (Å²) in [5, 5.41) is 81.9. The lowest BCUT2D eigenvalue weighted by Gasteiger charge is -2.46. The van der Waals surface area contributed by atoms with Crippen LogP contribution in [0.3, 0.4) is 0 Å². The van der Waals surface area contributed by atoms with Gasteiger partial charge in [0.2, 0.25) is 6.29 Å². The van der Waals surface area contributed by atoms with E-state index in [0.717, 1.165) is 14.0 Å². The van der Waals surface area contributed by atoms with Crippen LogP contribution in [-0.2, 0) is 23.7 Å². The van der Waals surface area contributed by atoms with Crippen LogP contribution in [0.1, 0.15) is 6.92 Å². The van der Waals surface area contributed by atoms with Crippen molar-refractivity contribution in [1.82, 2.24) is 0 Å². The second kappa shape index (κ2) is 7.94. The first-order valence-corrected chi connectivity index (χ1v) is 9.14. The zero-order valence-electron chi connectivity index (χ0n) is 16.1. The number of rotatable bonds is 4. The Kier molecular flexibility index (Phi) is 6.16. The van der Waals surface area contributed by atoms with Crippen LogP contribution in [0.25, 0.3) is 0 Å². The van der Waals surface area contributed by atoms with Gasteiger partial charge in [0.1, 0.15) is 59.7 Å². The molecule has 0 aromatic rings. The number of aliphatic hydroxyl groups excluding tert-OH is 6. The van der Waals surface area contributed by atoms with Gasteiger partial charge in [0, 0.05) is 0 Å². The van der Waals surface area contributed by atoms with E-state index in [1.807, 2.05) is 0 Å². The molecule has 3 aliphatic rings. The van der Waals surface area contributed by atoms with E-state index in [4.69, 9.17) is 14.2 Å². The molecule has 0 aromatic heterocycles. The molecule has 0 amide bonds. The largest absolute Gasteiger partial charge is 0.471 e. The average molecular weight is 438 g/mol. The van der Waals surface area contributed by atoms with Crippen molar-refractivity contribution in [3.05, 3.63) is 11.8 Å². The highest BCUT2D eigenvalue weighted by molar-refractivity contribution is 5.91. The Bertz CT molecular complexity index is 693. The molecule has 3 rings (SSSR count). The smallest absolute Gasteiger partial charge is 0.339 e. The zero-order chi connectivity index (χ0) is 22.6. The number of ether oxygens (including phenoxy) is 4. The van der Waals surface area contributed by atoms with Crippen molar-refractivity contribution in [2.45, 2.75) is 67.3 Å². The van der Waals surface area contributed by atoms with Crippen molar-refractivity contribution in [2.24, 2.45) is 5.92 Å². The summed E-state index contributed by atoms with van der Waals surface area (Å²) in [5.41, 5.74) is -5.43. The molecule has 0 radical (unpaired) electrons. The molecule has 30 heavy (non-hydrogen) atoms. The third kappa shape index (κ3) is 3.22. The lowest BCUT2D eigenvalue weighted by atomic mass is 9.76. The highest BCUT2D eigenvalue weighted by Crippen LogP contribution is 2.52. The van der Waals surface area contributed by atoms with Crippen LogP contribution in [0.15, 0.2) is 11.8 Å². The molecule has 2 fully saturated rings. The Morgan fingerprint density at radius 3 is 2.27 bits per heavy atom. The molecule has 2 aliphatic heterocycles. The first kappa shape index (κ1) is 23.3. The summed E-state index contributed by atoms with van der Waals surface area (Å²) in [5.74, 6) is -2.79. The fourth-order valence-electron chi connectivity index (χ4n) is 4.24. The van der Waals surface area contributed by atoms with Gasteiger partial charge in [-0.3, -0.25) is 0 Å². The van der Waals surface area contributed by atoms with Crippen molar-refractivity contribution < 1.29 is 64.6 Å². The monoisotopic (exact) mass is 438 g/mol. The molecule has 0 spiro atoms. The van der Waals surface area contributed by atoms with Gasteiger partial charge in [0.05, 0.1) is 19.6 Å². The van der Waals surface area contributed by atoms with E-state index in [-0.39, 0.29) is 0 Å². The number of carbonyl (C=O) groups excluding carboxylic acids is 1. The minimum Gasteiger partial charge on any atom is -0.471 e. The second-order valence-electron chi connectivity index (χ2n) is 7.78. The van der Waals surface area contributed by atoms with Crippen molar-refractivity contribution in [3.63, 3.8) is 0 Å². The molecule has 8 N–H and O–H groups in total. The molecule has 2 heterocycles. The van der Waals surface area contributed by atoms with Gasteiger partial charge in [-0.15, -0.1) is 0 Å². The normalized spacial score (nSPS) is 51.0. The number of aliphatic hydroxyl groups is 8. The van der Waals surface area contributed by atoms with E-state index in [2.05, 4.69) is 4.74 Å². The Morgan fingerprint density at radius 2 is 1.70 bits per heavy atom. The molecule has 0 aromatic carbocycles. The van der Waals surface area contributed by atoms with Crippen LogP contribution in [0.4, 0.5) is 0 Å². The van der Waals surface area contributed by atoms with Gasteiger partial charge in [-0.05, 0) is 6.92 Å². The van der Waals surface area contributed by atoms with Crippen molar-refractivity contribution in [3.8, 4) is 0 Å². The molecule has 1 saturated carbocycles. The van der Waals surface area contributed by atoms with E-state index < -0.39 is 84.5 Å². The summed E-state index contributed by atoms with van der Waals surface area (Å²) < 4.78 is 20.5. The lowest BCUT2D eigenvalue weighted by Crippen LogP contribution is -2.63. The van der Waals surface area contributed by atoms with Crippen LogP contribution in [0.2, 0.25) is 0 Å². The minimum atomic E-state index is -2.58. The van der Waals surface area contributed by atoms with Crippen molar-refractivity contribution in [1.29, 1.82) is 0 Å². The maximum Gasteiger partial charge on any atom is 0.339 e. The summed E-state index contributed by atoms with van der Waals surface area (Å²) in [6.45, 7) is 0.335. The van der Waals surface area contributed by atoms with E-state index in [1.165, 1.54) is 0 Å². The molecule has 13 nitrogen and oxygen atoms in total. The third-order valence-corrected chi connectivity index (χ3v) is 6.00. The first-order valence-electron chi connectivity index (χ1n) is 9.14. The third-order valence-electron chi connectivity index (χ3n) is 6.00. The van der Waals surface area contributed by atoms with E-state index in [9.17, 15) is 45.6 Å². The molecule has 13 heteroatoms. The standard InChI is InChI=1S/C17H26O13/c1-16(25)10-15(30-14-9(21)8(20)7(19)6(3-18)29-14)28-4-5(13(24)27-2)17(10,26)12(23)11(16)22/h4,6-12,14-15,18-23,25-26H,3H2,1-2H3/t6-,7-,8+,9-,10+,11-,12+,14+,15-,16+,17-/m0/s1. The van der Waals surface area contributed by atoms with E-state index in [0.29, 0.717) is 6.26 Å². The second-order valence-corrected chi connectivity index (χ2v) is 7.78. The van der Waals surface area contributed by atoms with Gasteiger partial charge in [-0.2, -0.15) is 0 Å². The van der Waals surface area contributed by atoms with Crippen LogP contribution in [-0.4, -0.2) is 121 Å². The number of esters is 1. The minimum absolute atomic E-state index is 0.590. The number of carbonyl (C=O) groups is 1. The maximum absolute atomic E-state index is 12.1. The summed E-state index contributed by atoms with van der Waals surface area (Å²) >= 11 is 0. The van der Waals surface area contributed by atoms with Crippen LogP contribution in [0, 0.1) is 5.92 Å². The zero-order valence-corrected chi connectivity index (χ0v) is 16.1. The molecule has 11 atom stereocenters. The average Bonchev–Trinajstić information content (AvgIpc) is 2.85. The summed E-state index contributed by atoms with van der Waals surface area (Å²) in [6.07, 6.45) is -13.3. The van der Waals surface area contributed by atoms with Crippen LogP contribution in [0.5, 0.6) is 0 Å². The van der Waals surface area contributed by atoms with Gasteiger partial charge in [0.25, 0.3) is 0 Å². The van der Waals surface area contributed by atoms with Crippen molar-refractivity contribution >= 4 is 5.97 Å². The molecule has 172 valence electrons. The highest BCUT2D eigenvalue weighted by Gasteiger charge is 2.72. The Balaban J connectivity index is 1.96. The molecule has 1 aliphatic carbocycles. The van der Waals surface area contributed by atoms with Gasteiger partial charge >= 0.3 is 5.97 Å². The van der Waals surface area contributed by atoms with E-state index in [1.54, 1.807) is 0 Å². The Hall–Kier alpha value is -1.39. The molecular weight excluding hydrogens is 412 g/mol. The summed E-state index contributed by atoms with van der Waals surface area (Å²) in [7, 11) is 1.01. The lowest BCUT2D eigenvalue weighted by molar-refractivity contribution is -0.352. The Morgan fingerprint density at radius 1 is 1.07 bits per heavy atom. The number of hydrogen-bond acceptors (Lipinski definition) is 13. The Labute approximate surface area is 170 Å². The maximum atomic E-state index is 12.1. The quantitative estimate of drug-likeness (QED) is 0.193. The number of methoxy groups -OCH3 is 1. The van der Waals surface area contributed by atoms with Gasteiger partial charge in [-0.1, -0.05) is 0 Å². The van der Waals surface area contributed by atoms with Gasteiger partial charge in [0.15, 0.2) is 6.29 Å². The molecule has 1 saturated heterocycles. The van der Waals surface area contributed by atoms with Gasteiger partial charge < -0.3 is 59.8 Å². The fraction of sp³-hybridized carbons (Fsp3) is 0.824. The topological polar surface area (TPSA) is 216 Å². The highest BCUT2D eigenvalue weighted by atomic mass is 16.8. The van der Waals surface area contributed by atoms with Crippen LogP contribution >= 0.6 is 0 Å². The fourth-order valence-corrected chi connectivity index (χ4v) is 4.24. The predicted molar refractivity (Wildman–Crippen MR) is 90.9 cm³/mol. The van der Waals surface area contributed by atoms with Crippen LogP contribution < -0.4 is 0 Å². The SMILES string of the molecule is COC(=O)C1=CO[C@@H](O[C@H]2O[C@@H](CO)[C@H](O)[C@@H](O)[C@@H]2O)[C@@H]2[C@@](C)(O)[C@@H](O)[C@@H](O)[C@]12O. The molecule has 0 bridgehead atoms. The first-order chi connectivity index (χ1) is 13.9. The molecule has 0 unspecified atom stereocenters. The predicted octanol–water partition coefficient (Wildman–Crippen LogP) is -4.95. The number of fused-ring (bicyclic) bond motifs is 1. The van der Waals surface area contributed by atoms with Crippen molar-refractivity contribution in [2.75, 3.05) is 13.7 Å². The molecular formula is C17H26O13. The summed E-state index contributed by atoms with van der Waals surface area (Å²) in [4.78, 5) is 12.1. The van der Waals surface area contributed by atoms with Gasteiger partial charge in [-0.25, -0.2) is 4.79 Å².